The Morgan fingerprint density at radius 2 is 1.68 bits per heavy atom. The van der Waals surface area contributed by atoms with Gasteiger partial charge < -0.3 is 14.8 Å². The van der Waals surface area contributed by atoms with E-state index < -0.39 is 0 Å². The predicted molar refractivity (Wildman–Crippen MR) is 77.3 cm³/mol. The highest BCUT2D eigenvalue weighted by molar-refractivity contribution is 9.10. The van der Waals surface area contributed by atoms with Crippen molar-refractivity contribution < 1.29 is 9.47 Å². The molecular formula is C13H14BrN3O2. The first kappa shape index (κ1) is 13.6. The average Bonchev–Trinajstić information content (AvgIpc) is 2.40. The minimum absolute atomic E-state index is 0.688. The molecule has 0 saturated heterocycles. The number of anilines is 2. The quantitative estimate of drug-likeness (QED) is 0.935. The monoisotopic (exact) mass is 323 g/mol. The minimum atomic E-state index is 0.688. The number of methoxy groups -OCH3 is 2. The fraction of sp³-hybridized carbons (Fsp3) is 0.231. The standard InChI is InChI=1S/C13H14BrN3O2/c1-8-4-12(16-7-15-8)17-9-5-10(18-2)13(14)11(6-9)19-3/h4-7H,1-3H3,(H,15,16,17). The second-order valence-electron chi connectivity index (χ2n) is 3.86. The Labute approximate surface area is 120 Å². The maximum Gasteiger partial charge on any atom is 0.138 e. The maximum atomic E-state index is 5.29. The summed E-state index contributed by atoms with van der Waals surface area (Å²) in [7, 11) is 3.22. The molecule has 5 nitrogen and oxygen atoms in total. The van der Waals surface area contributed by atoms with Crippen LogP contribution in [0.25, 0.3) is 0 Å². The predicted octanol–water partition coefficient (Wildman–Crippen LogP) is 3.31. The van der Waals surface area contributed by atoms with E-state index in [0.717, 1.165) is 21.7 Å². The van der Waals surface area contributed by atoms with Crippen LogP contribution in [0.4, 0.5) is 11.5 Å². The Hall–Kier alpha value is -1.82. The Kier molecular flexibility index (Phi) is 4.21. The van der Waals surface area contributed by atoms with Crippen molar-refractivity contribution in [3.8, 4) is 11.5 Å². The van der Waals surface area contributed by atoms with Crippen LogP contribution in [0.15, 0.2) is 29.0 Å². The van der Waals surface area contributed by atoms with Gasteiger partial charge in [-0.05, 0) is 22.9 Å². The number of aryl methyl sites for hydroxylation is 1. The number of nitrogens with one attached hydrogen (secondary N) is 1. The molecule has 0 spiro atoms. The van der Waals surface area contributed by atoms with Gasteiger partial charge in [-0.2, -0.15) is 0 Å². The van der Waals surface area contributed by atoms with Crippen molar-refractivity contribution in [3.63, 3.8) is 0 Å². The summed E-state index contributed by atoms with van der Waals surface area (Å²) in [6, 6.07) is 5.59. The Morgan fingerprint density at radius 3 is 2.21 bits per heavy atom. The Morgan fingerprint density at radius 1 is 1.05 bits per heavy atom. The lowest BCUT2D eigenvalue weighted by Crippen LogP contribution is -1.97. The lowest BCUT2D eigenvalue weighted by molar-refractivity contribution is 0.390. The van der Waals surface area contributed by atoms with Gasteiger partial charge in [-0.1, -0.05) is 0 Å². The van der Waals surface area contributed by atoms with Crippen LogP contribution in [0.2, 0.25) is 0 Å². The number of nitrogens with zero attached hydrogens (tertiary/aromatic N) is 2. The zero-order valence-electron chi connectivity index (χ0n) is 10.9. The van der Waals surface area contributed by atoms with Crippen LogP contribution in [0.1, 0.15) is 5.69 Å². The van der Waals surface area contributed by atoms with Crippen LogP contribution < -0.4 is 14.8 Å². The summed E-state index contributed by atoms with van der Waals surface area (Å²) in [6.45, 7) is 1.91. The third kappa shape index (κ3) is 3.14. The fourth-order valence-corrected chi connectivity index (χ4v) is 2.16. The molecule has 0 atom stereocenters. The van der Waals surface area contributed by atoms with Crippen molar-refractivity contribution in [1.82, 2.24) is 9.97 Å². The zero-order chi connectivity index (χ0) is 13.8. The van der Waals surface area contributed by atoms with Crippen molar-refractivity contribution in [1.29, 1.82) is 0 Å². The van der Waals surface area contributed by atoms with E-state index in [0.29, 0.717) is 11.5 Å². The van der Waals surface area contributed by atoms with Gasteiger partial charge in [0, 0.05) is 29.6 Å². The molecule has 1 aromatic heterocycles. The molecule has 19 heavy (non-hydrogen) atoms. The van der Waals surface area contributed by atoms with E-state index in [9.17, 15) is 0 Å². The van der Waals surface area contributed by atoms with Crippen molar-refractivity contribution in [2.24, 2.45) is 0 Å². The molecule has 6 heteroatoms. The summed E-state index contributed by atoms with van der Waals surface area (Å²) in [5.41, 5.74) is 1.73. The molecule has 1 N–H and O–H groups in total. The second-order valence-corrected chi connectivity index (χ2v) is 4.66. The van der Waals surface area contributed by atoms with E-state index in [-0.39, 0.29) is 0 Å². The van der Waals surface area contributed by atoms with E-state index >= 15 is 0 Å². The van der Waals surface area contributed by atoms with Gasteiger partial charge in [0.2, 0.25) is 0 Å². The third-order valence-electron chi connectivity index (χ3n) is 2.52. The largest absolute Gasteiger partial charge is 0.495 e. The van der Waals surface area contributed by atoms with Gasteiger partial charge in [0.15, 0.2) is 0 Å². The normalized spacial score (nSPS) is 10.1. The fourth-order valence-electron chi connectivity index (χ4n) is 1.61. The number of aromatic nitrogens is 2. The summed E-state index contributed by atoms with van der Waals surface area (Å²) < 4.78 is 11.4. The van der Waals surface area contributed by atoms with Crippen molar-refractivity contribution >= 4 is 27.4 Å². The molecule has 0 fully saturated rings. The molecule has 2 rings (SSSR count). The number of ether oxygens (including phenoxy) is 2. The summed E-state index contributed by atoms with van der Waals surface area (Å²) in [4.78, 5) is 8.21. The van der Waals surface area contributed by atoms with Gasteiger partial charge in [-0.3, -0.25) is 0 Å². The first-order valence-electron chi connectivity index (χ1n) is 5.61. The molecule has 1 aromatic carbocycles. The smallest absolute Gasteiger partial charge is 0.138 e. The highest BCUT2D eigenvalue weighted by atomic mass is 79.9. The van der Waals surface area contributed by atoms with Crippen LogP contribution in [0, 0.1) is 6.92 Å². The number of rotatable bonds is 4. The van der Waals surface area contributed by atoms with Crippen molar-refractivity contribution in [2.45, 2.75) is 6.92 Å². The SMILES string of the molecule is COc1cc(Nc2cc(C)ncn2)cc(OC)c1Br. The molecule has 0 aliphatic rings. The molecule has 100 valence electrons. The molecule has 0 amide bonds. The van der Waals surface area contributed by atoms with E-state index in [2.05, 4.69) is 31.2 Å². The second kappa shape index (κ2) is 5.88. The Bertz CT molecular complexity index is 565. The molecule has 2 aromatic rings. The van der Waals surface area contributed by atoms with Crippen molar-refractivity contribution in [3.05, 3.63) is 34.7 Å². The van der Waals surface area contributed by atoms with Gasteiger partial charge >= 0.3 is 0 Å². The third-order valence-corrected chi connectivity index (χ3v) is 3.30. The Balaban J connectivity index is 2.35. The lowest BCUT2D eigenvalue weighted by atomic mass is 10.2. The van der Waals surface area contributed by atoms with E-state index in [1.54, 1.807) is 14.2 Å². The summed E-state index contributed by atoms with van der Waals surface area (Å²) in [5.74, 6) is 2.10. The summed E-state index contributed by atoms with van der Waals surface area (Å²) in [6.07, 6.45) is 1.52. The zero-order valence-corrected chi connectivity index (χ0v) is 12.5. The molecule has 0 unspecified atom stereocenters. The van der Waals surface area contributed by atoms with E-state index in [4.69, 9.17) is 9.47 Å². The minimum Gasteiger partial charge on any atom is -0.495 e. The number of hydrogen-bond donors (Lipinski definition) is 1. The number of halogens is 1. The first-order chi connectivity index (χ1) is 9.13. The molecular weight excluding hydrogens is 310 g/mol. The number of hydrogen-bond acceptors (Lipinski definition) is 5. The average molecular weight is 324 g/mol. The van der Waals surface area contributed by atoms with Crippen LogP contribution >= 0.6 is 15.9 Å². The van der Waals surface area contributed by atoms with Gasteiger partial charge in [-0.25, -0.2) is 9.97 Å². The van der Waals surface area contributed by atoms with Gasteiger partial charge in [0.1, 0.15) is 28.1 Å². The molecule has 1 heterocycles. The molecule has 0 radical (unpaired) electrons. The van der Waals surface area contributed by atoms with Crippen LogP contribution in [-0.2, 0) is 0 Å². The maximum absolute atomic E-state index is 5.29. The van der Waals surface area contributed by atoms with Crippen LogP contribution in [0.3, 0.4) is 0 Å². The molecule has 0 saturated carbocycles. The molecule has 0 aliphatic heterocycles. The summed E-state index contributed by atoms with van der Waals surface area (Å²) >= 11 is 3.43. The van der Waals surface area contributed by atoms with E-state index in [1.807, 2.05) is 25.1 Å². The van der Waals surface area contributed by atoms with Crippen LogP contribution in [-0.4, -0.2) is 24.2 Å². The molecule has 0 aliphatic carbocycles. The lowest BCUT2D eigenvalue weighted by Gasteiger charge is -2.12. The topological polar surface area (TPSA) is 56.3 Å². The molecule has 0 bridgehead atoms. The van der Waals surface area contributed by atoms with Gasteiger partial charge in [0.25, 0.3) is 0 Å². The van der Waals surface area contributed by atoms with Crippen LogP contribution in [0.5, 0.6) is 11.5 Å². The number of benzene rings is 1. The first-order valence-corrected chi connectivity index (χ1v) is 6.40. The highest BCUT2D eigenvalue weighted by Gasteiger charge is 2.10. The summed E-state index contributed by atoms with van der Waals surface area (Å²) in [5, 5.41) is 3.19. The highest BCUT2D eigenvalue weighted by Crippen LogP contribution is 2.38. The van der Waals surface area contributed by atoms with Crippen molar-refractivity contribution in [2.75, 3.05) is 19.5 Å². The van der Waals surface area contributed by atoms with Gasteiger partial charge in [-0.15, -0.1) is 0 Å². The van der Waals surface area contributed by atoms with E-state index in [1.165, 1.54) is 6.33 Å². The van der Waals surface area contributed by atoms with Gasteiger partial charge in [0.05, 0.1) is 14.2 Å².